The summed E-state index contributed by atoms with van der Waals surface area (Å²) in [6, 6.07) is 10.4. The molecule has 0 saturated heterocycles. The Morgan fingerprint density at radius 3 is 2.29 bits per heavy atom. The van der Waals surface area contributed by atoms with E-state index >= 15 is 0 Å². The van der Waals surface area contributed by atoms with Gasteiger partial charge in [-0.3, -0.25) is 4.79 Å². The van der Waals surface area contributed by atoms with Crippen LogP contribution in [0, 0.1) is 0 Å². The van der Waals surface area contributed by atoms with Gasteiger partial charge >= 0.3 is 5.97 Å². The van der Waals surface area contributed by atoms with Crippen molar-refractivity contribution < 1.29 is 9.53 Å². The van der Waals surface area contributed by atoms with Gasteiger partial charge in [-0.1, -0.05) is 44.2 Å². The Hall–Kier alpha value is -1.31. The fourth-order valence-electron chi connectivity index (χ4n) is 1.47. The summed E-state index contributed by atoms with van der Waals surface area (Å²) in [4.78, 5) is 10.5. The molecule has 0 spiro atoms. The lowest BCUT2D eigenvalue weighted by Gasteiger charge is -2.02. The van der Waals surface area contributed by atoms with Gasteiger partial charge in [0.2, 0.25) is 0 Å². The van der Waals surface area contributed by atoms with Gasteiger partial charge in [0.15, 0.2) is 0 Å². The average molecular weight is 236 g/mol. The van der Waals surface area contributed by atoms with E-state index in [1.165, 1.54) is 12.5 Å². The second-order valence-corrected chi connectivity index (χ2v) is 3.64. The fraction of sp³-hybridized carbons (Fsp3) is 0.533. The molecule has 96 valence electrons. The lowest BCUT2D eigenvalue weighted by molar-refractivity contribution is -0.141. The van der Waals surface area contributed by atoms with Gasteiger partial charge < -0.3 is 4.74 Å². The minimum Gasteiger partial charge on any atom is -0.466 e. The molecule has 0 N–H and O–H groups in total. The number of benzene rings is 1. The summed E-state index contributed by atoms with van der Waals surface area (Å²) in [5, 5.41) is 0. The van der Waals surface area contributed by atoms with Crippen molar-refractivity contribution in [3.63, 3.8) is 0 Å². The van der Waals surface area contributed by atoms with Crippen molar-refractivity contribution in [2.75, 3.05) is 6.61 Å². The van der Waals surface area contributed by atoms with Crippen LogP contribution >= 0.6 is 0 Å². The van der Waals surface area contributed by atoms with E-state index in [-0.39, 0.29) is 5.97 Å². The molecule has 0 saturated carbocycles. The first-order valence-electron chi connectivity index (χ1n) is 6.46. The zero-order valence-corrected chi connectivity index (χ0v) is 11.2. The van der Waals surface area contributed by atoms with E-state index < -0.39 is 0 Å². The van der Waals surface area contributed by atoms with Gasteiger partial charge in [0.05, 0.1) is 6.61 Å². The lowest BCUT2D eigenvalue weighted by atomic mass is 10.1. The largest absolute Gasteiger partial charge is 0.466 e. The lowest BCUT2D eigenvalue weighted by Crippen LogP contribution is -2.00. The Morgan fingerprint density at radius 2 is 1.71 bits per heavy atom. The van der Waals surface area contributed by atoms with Crippen molar-refractivity contribution in [3.8, 4) is 0 Å². The molecule has 1 rings (SSSR count). The fourth-order valence-corrected chi connectivity index (χ4v) is 1.47. The highest BCUT2D eigenvalue weighted by molar-refractivity contribution is 5.65. The maximum absolute atomic E-state index is 10.5. The SMILES string of the molecule is CC.CC(=O)OCCCCCc1ccccc1. The summed E-state index contributed by atoms with van der Waals surface area (Å²) >= 11 is 0. The van der Waals surface area contributed by atoms with Crippen LogP contribution in [0.3, 0.4) is 0 Å². The predicted octanol–water partition coefficient (Wildman–Crippen LogP) is 3.99. The first kappa shape index (κ1) is 15.7. The van der Waals surface area contributed by atoms with Crippen LogP contribution < -0.4 is 0 Å². The molecule has 0 atom stereocenters. The summed E-state index contributed by atoms with van der Waals surface area (Å²) < 4.78 is 4.86. The van der Waals surface area contributed by atoms with Crippen LogP contribution in [0.2, 0.25) is 0 Å². The third-order valence-corrected chi connectivity index (χ3v) is 2.26. The maximum atomic E-state index is 10.5. The number of ether oxygens (including phenoxy) is 1. The molecule has 2 heteroatoms. The number of carbonyl (C=O) groups excluding carboxylic acids is 1. The molecular weight excluding hydrogens is 212 g/mol. The van der Waals surface area contributed by atoms with Gasteiger partial charge in [-0.2, -0.15) is 0 Å². The molecule has 0 unspecified atom stereocenters. The number of hydrogen-bond acceptors (Lipinski definition) is 2. The van der Waals surface area contributed by atoms with Gasteiger partial charge in [-0.05, 0) is 31.2 Å². The van der Waals surface area contributed by atoms with Crippen molar-refractivity contribution in [2.45, 2.75) is 46.5 Å². The van der Waals surface area contributed by atoms with E-state index in [0.717, 1.165) is 25.7 Å². The minimum absolute atomic E-state index is 0.182. The number of aryl methyl sites for hydroxylation is 1. The van der Waals surface area contributed by atoms with Crippen molar-refractivity contribution >= 4 is 5.97 Å². The minimum atomic E-state index is -0.182. The van der Waals surface area contributed by atoms with Crippen LogP contribution in [-0.4, -0.2) is 12.6 Å². The van der Waals surface area contributed by atoms with E-state index in [1.54, 1.807) is 0 Å². The molecule has 2 nitrogen and oxygen atoms in total. The zero-order chi connectivity index (χ0) is 12.9. The van der Waals surface area contributed by atoms with Gasteiger partial charge in [0.1, 0.15) is 0 Å². The van der Waals surface area contributed by atoms with Gasteiger partial charge in [0.25, 0.3) is 0 Å². The molecule has 0 heterocycles. The predicted molar refractivity (Wildman–Crippen MR) is 72.0 cm³/mol. The van der Waals surface area contributed by atoms with E-state index in [1.807, 2.05) is 19.9 Å². The maximum Gasteiger partial charge on any atom is 0.302 e. The second kappa shape index (κ2) is 11.2. The normalized spacial score (nSPS) is 9.12. The smallest absolute Gasteiger partial charge is 0.302 e. The number of carbonyl (C=O) groups is 1. The van der Waals surface area contributed by atoms with E-state index in [2.05, 4.69) is 24.3 Å². The van der Waals surface area contributed by atoms with Crippen LogP contribution in [0.1, 0.15) is 45.6 Å². The summed E-state index contributed by atoms with van der Waals surface area (Å²) in [5.74, 6) is -0.182. The first-order chi connectivity index (χ1) is 8.29. The number of rotatable bonds is 6. The van der Waals surface area contributed by atoms with E-state index in [4.69, 9.17) is 4.74 Å². The Labute approximate surface area is 105 Å². The van der Waals surface area contributed by atoms with Crippen molar-refractivity contribution in [1.82, 2.24) is 0 Å². The molecular formula is C15H24O2. The summed E-state index contributed by atoms with van der Waals surface area (Å²) in [6.45, 7) is 6.01. The topological polar surface area (TPSA) is 26.3 Å². The standard InChI is InChI=1S/C13H18O2.C2H6/c1-12(14)15-11-7-3-6-10-13-8-4-2-5-9-13;1-2/h2,4-5,8-9H,3,6-7,10-11H2,1H3;1-2H3. The molecule has 0 bridgehead atoms. The monoisotopic (exact) mass is 236 g/mol. The highest BCUT2D eigenvalue weighted by Crippen LogP contribution is 2.06. The Morgan fingerprint density at radius 1 is 1.06 bits per heavy atom. The molecule has 0 aliphatic rings. The van der Waals surface area contributed by atoms with E-state index in [0.29, 0.717) is 6.61 Å². The molecule has 1 aromatic carbocycles. The summed E-state index contributed by atoms with van der Waals surface area (Å²) in [5.41, 5.74) is 1.38. The quantitative estimate of drug-likeness (QED) is 0.551. The highest BCUT2D eigenvalue weighted by atomic mass is 16.5. The average Bonchev–Trinajstić information content (AvgIpc) is 2.37. The van der Waals surface area contributed by atoms with Crippen molar-refractivity contribution in [2.24, 2.45) is 0 Å². The molecule has 0 aromatic heterocycles. The third kappa shape index (κ3) is 9.61. The van der Waals surface area contributed by atoms with E-state index in [9.17, 15) is 4.79 Å². The molecule has 0 aliphatic heterocycles. The Balaban J connectivity index is 0.00000121. The molecule has 0 radical (unpaired) electrons. The summed E-state index contributed by atoms with van der Waals surface area (Å²) in [6.07, 6.45) is 4.35. The van der Waals surface area contributed by atoms with Crippen LogP contribution in [0.4, 0.5) is 0 Å². The second-order valence-electron chi connectivity index (χ2n) is 3.64. The van der Waals surface area contributed by atoms with Crippen molar-refractivity contribution in [3.05, 3.63) is 35.9 Å². The molecule has 0 amide bonds. The molecule has 1 aromatic rings. The first-order valence-corrected chi connectivity index (χ1v) is 6.46. The number of hydrogen-bond donors (Lipinski definition) is 0. The van der Waals surface area contributed by atoms with Gasteiger partial charge in [0, 0.05) is 6.92 Å². The van der Waals surface area contributed by atoms with Crippen LogP contribution in [-0.2, 0) is 16.0 Å². The number of unbranched alkanes of at least 4 members (excludes halogenated alkanes) is 2. The molecule has 17 heavy (non-hydrogen) atoms. The Bertz CT molecular complexity index is 280. The third-order valence-electron chi connectivity index (χ3n) is 2.26. The highest BCUT2D eigenvalue weighted by Gasteiger charge is 1.94. The van der Waals surface area contributed by atoms with Crippen LogP contribution in [0.5, 0.6) is 0 Å². The zero-order valence-electron chi connectivity index (χ0n) is 11.2. The number of esters is 1. The molecule has 0 aliphatic carbocycles. The van der Waals surface area contributed by atoms with Crippen LogP contribution in [0.15, 0.2) is 30.3 Å². The van der Waals surface area contributed by atoms with Gasteiger partial charge in [-0.25, -0.2) is 0 Å². The van der Waals surface area contributed by atoms with Gasteiger partial charge in [-0.15, -0.1) is 0 Å². The Kier molecular flexibility index (Phi) is 10.3. The molecule has 0 fully saturated rings. The van der Waals surface area contributed by atoms with Crippen molar-refractivity contribution in [1.29, 1.82) is 0 Å². The van der Waals surface area contributed by atoms with Crippen LogP contribution in [0.25, 0.3) is 0 Å². The summed E-state index contributed by atoms with van der Waals surface area (Å²) in [7, 11) is 0.